The number of carbonyl (C=O) groups is 1. The summed E-state index contributed by atoms with van der Waals surface area (Å²) in [6.45, 7) is 0. The zero-order valence-corrected chi connectivity index (χ0v) is 13.7. The minimum Gasteiger partial charge on any atom is -0.423 e. The molecule has 0 atom stereocenters. The van der Waals surface area contributed by atoms with Gasteiger partial charge in [-0.25, -0.2) is 4.79 Å². The molecular formula is C15H12BrN3O2S. The second-order valence-electron chi connectivity index (χ2n) is 4.20. The number of esters is 1. The van der Waals surface area contributed by atoms with Gasteiger partial charge in [0.25, 0.3) is 0 Å². The number of nitrogens with zero attached hydrogens (tertiary/aromatic N) is 1. The molecule has 0 saturated heterocycles. The Morgan fingerprint density at radius 2 is 1.82 bits per heavy atom. The zero-order valence-electron chi connectivity index (χ0n) is 11.3. The first-order valence-electron chi connectivity index (χ1n) is 6.21. The van der Waals surface area contributed by atoms with Crippen molar-refractivity contribution in [2.24, 2.45) is 10.8 Å². The van der Waals surface area contributed by atoms with Crippen LogP contribution >= 0.6 is 28.1 Å². The van der Waals surface area contributed by atoms with Crippen LogP contribution in [-0.2, 0) is 0 Å². The van der Waals surface area contributed by atoms with E-state index in [2.05, 4.69) is 38.7 Å². The maximum Gasteiger partial charge on any atom is 0.343 e. The lowest BCUT2D eigenvalue weighted by atomic mass is 10.2. The average Bonchev–Trinajstić information content (AvgIpc) is 2.49. The minimum atomic E-state index is -0.413. The van der Waals surface area contributed by atoms with E-state index in [1.54, 1.807) is 54.7 Å². The Hall–Kier alpha value is -2.25. The minimum absolute atomic E-state index is 0.0938. The first kappa shape index (κ1) is 16.1. The van der Waals surface area contributed by atoms with Gasteiger partial charge in [-0.05, 0) is 66.3 Å². The molecular weight excluding hydrogens is 366 g/mol. The number of thiocarbonyl (C=S) groups is 1. The molecule has 0 unspecified atom stereocenters. The number of nitrogens with two attached hydrogens (primary N) is 1. The monoisotopic (exact) mass is 377 g/mol. The quantitative estimate of drug-likeness (QED) is 0.281. The second kappa shape index (κ2) is 7.67. The number of hydrazone groups is 1. The van der Waals surface area contributed by atoms with Crippen LogP contribution in [-0.4, -0.2) is 17.3 Å². The smallest absolute Gasteiger partial charge is 0.343 e. The molecule has 5 nitrogen and oxygen atoms in total. The van der Waals surface area contributed by atoms with Crippen molar-refractivity contribution in [3.8, 4) is 5.75 Å². The topological polar surface area (TPSA) is 76.7 Å². The number of ether oxygens (including phenoxy) is 1. The van der Waals surface area contributed by atoms with E-state index < -0.39 is 5.97 Å². The van der Waals surface area contributed by atoms with Gasteiger partial charge in [0.1, 0.15) is 5.75 Å². The van der Waals surface area contributed by atoms with E-state index in [1.807, 2.05) is 0 Å². The van der Waals surface area contributed by atoms with Crippen molar-refractivity contribution in [2.45, 2.75) is 0 Å². The molecule has 0 aliphatic carbocycles. The third-order valence-corrected chi connectivity index (χ3v) is 3.18. The summed E-state index contributed by atoms with van der Waals surface area (Å²) < 4.78 is 6.18. The summed E-state index contributed by atoms with van der Waals surface area (Å²) in [4.78, 5) is 12.0. The first-order chi connectivity index (χ1) is 10.5. The molecule has 0 radical (unpaired) electrons. The van der Waals surface area contributed by atoms with Crippen LogP contribution in [0.1, 0.15) is 15.9 Å². The summed E-state index contributed by atoms with van der Waals surface area (Å²) in [7, 11) is 0. The fourth-order valence-corrected chi connectivity index (χ4v) is 1.86. The Labute approximate surface area is 141 Å². The van der Waals surface area contributed by atoms with Crippen LogP contribution in [0.2, 0.25) is 0 Å². The van der Waals surface area contributed by atoms with Gasteiger partial charge in [-0.15, -0.1) is 0 Å². The standard InChI is InChI=1S/C15H12BrN3O2S/c16-12-5-3-11(4-6-12)14(20)21-13-7-1-10(2-8-13)9-18-19-15(17)22/h1-9H,(H3,17,19,22). The zero-order chi connectivity index (χ0) is 15.9. The Balaban J connectivity index is 1.98. The Morgan fingerprint density at radius 3 is 2.41 bits per heavy atom. The van der Waals surface area contributed by atoms with Gasteiger partial charge in [0.2, 0.25) is 0 Å². The fourth-order valence-electron chi connectivity index (χ4n) is 1.54. The number of hydrogen-bond acceptors (Lipinski definition) is 4. The lowest BCUT2D eigenvalue weighted by Crippen LogP contribution is -2.23. The van der Waals surface area contributed by atoms with Crippen LogP contribution in [0.3, 0.4) is 0 Å². The lowest BCUT2D eigenvalue weighted by Gasteiger charge is -2.04. The molecule has 2 aromatic rings. The molecule has 0 amide bonds. The summed E-state index contributed by atoms with van der Waals surface area (Å²) in [5.74, 6) is 0.0384. The molecule has 0 heterocycles. The lowest BCUT2D eigenvalue weighted by molar-refractivity contribution is 0.0735. The highest BCUT2D eigenvalue weighted by Gasteiger charge is 2.08. The van der Waals surface area contributed by atoms with Crippen molar-refractivity contribution in [1.29, 1.82) is 0 Å². The van der Waals surface area contributed by atoms with Crippen LogP contribution in [0.25, 0.3) is 0 Å². The third-order valence-electron chi connectivity index (χ3n) is 2.56. The van der Waals surface area contributed by atoms with Gasteiger partial charge in [0.05, 0.1) is 11.8 Å². The maximum absolute atomic E-state index is 12.0. The van der Waals surface area contributed by atoms with Crippen molar-refractivity contribution in [3.63, 3.8) is 0 Å². The molecule has 2 aromatic carbocycles. The van der Waals surface area contributed by atoms with Crippen molar-refractivity contribution < 1.29 is 9.53 Å². The van der Waals surface area contributed by atoms with E-state index in [0.717, 1.165) is 10.0 Å². The van der Waals surface area contributed by atoms with Crippen LogP contribution < -0.4 is 15.9 Å². The summed E-state index contributed by atoms with van der Waals surface area (Å²) >= 11 is 7.94. The SMILES string of the molecule is NC(=S)NN=Cc1ccc(OC(=O)c2ccc(Br)cc2)cc1. The third kappa shape index (κ3) is 4.94. The molecule has 0 aliphatic heterocycles. The van der Waals surface area contributed by atoms with Gasteiger partial charge < -0.3 is 10.5 Å². The highest BCUT2D eigenvalue weighted by molar-refractivity contribution is 9.10. The van der Waals surface area contributed by atoms with Crippen molar-refractivity contribution in [2.75, 3.05) is 0 Å². The average molecular weight is 378 g/mol. The van der Waals surface area contributed by atoms with Gasteiger partial charge in [-0.2, -0.15) is 5.10 Å². The van der Waals surface area contributed by atoms with Crippen LogP contribution in [0.15, 0.2) is 58.1 Å². The summed E-state index contributed by atoms with van der Waals surface area (Å²) in [6.07, 6.45) is 1.56. The van der Waals surface area contributed by atoms with E-state index in [1.165, 1.54) is 0 Å². The van der Waals surface area contributed by atoms with Crippen LogP contribution in [0.4, 0.5) is 0 Å². The molecule has 0 aromatic heterocycles. The van der Waals surface area contributed by atoms with E-state index in [-0.39, 0.29) is 5.11 Å². The van der Waals surface area contributed by atoms with Gasteiger partial charge in [-0.1, -0.05) is 15.9 Å². The number of carbonyl (C=O) groups excluding carboxylic acids is 1. The number of hydrogen-bond donors (Lipinski definition) is 2. The highest BCUT2D eigenvalue weighted by Crippen LogP contribution is 2.15. The van der Waals surface area contributed by atoms with Crippen LogP contribution in [0.5, 0.6) is 5.75 Å². The molecule has 0 spiro atoms. The van der Waals surface area contributed by atoms with E-state index in [0.29, 0.717) is 11.3 Å². The predicted molar refractivity (Wildman–Crippen MR) is 93.1 cm³/mol. The summed E-state index contributed by atoms with van der Waals surface area (Å²) in [5, 5.41) is 3.93. The van der Waals surface area contributed by atoms with Crippen molar-refractivity contribution in [3.05, 3.63) is 64.1 Å². The largest absolute Gasteiger partial charge is 0.423 e. The van der Waals surface area contributed by atoms with E-state index >= 15 is 0 Å². The van der Waals surface area contributed by atoms with Gasteiger partial charge in [-0.3, -0.25) is 5.43 Å². The van der Waals surface area contributed by atoms with Gasteiger partial charge in [0, 0.05) is 4.47 Å². The van der Waals surface area contributed by atoms with Crippen molar-refractivity contribution in [1.82, 2.24) is 5.43 Å². The Morgan fingerprint density at radius 1 is 1.18 bits per heavy atom. The number of benzene rings is 2. The second-order valence-corrected chi connectivity index (χ2v) is 5.56. The summed E-state index contributed by atoms with van der Waals surface area (Å²) in [6, 6.07) is 13.8. The first-order valence-corrected chi connectivity index (χ1v) is 7.41. The molecule has 0 aliphatic rings. The van der Waals surface area contributed by atoms with Gasteiger partial charge >= 0.3 is 5.97 Å². The molecule has 0 saturated carbocycles. The number of rotatable bonds is 4. The van der Waals surface area contributed by atoms with E-state index in [9.17, 15) is 4.79 Å². The van der Waals surface area contributed by atoms with Gasteiger partial charge in [0.15, 0.2) is 5.11 Å². The van der Waals surface area contributed by atoms with Crippen molar-refractivity contribution >= 4 is 45.4 Å². The molecule has 0 bridgehead atoms. The fraction of sp³-hybridized carbons (Fsp3) is 0. The molecule has 2 rings (SSSR count). The number of nitrogens with one attached hydrogen (secondary N) is 1. The summed E-state index contributed by atoms with van der Waals surface area (Å²) in [5.41, 5.74) is 9.00. The Kier molecular flexibility index (Phi) is 5.62. The Bertz CT molecular complexity index is 700. The molecule has 3 N–H and O–H groups in total. The molecule has 7 heteroatoms. The molecule has 0 fully saturated rings. The van der Waals surface area contributed by atoms with E-state index in [4.69, 9.17) is 10.5 Å². The molecule has 112 valence electrons. The predicted octanol–water partition coefficient (Wildman–Crippen LogP) is 2.84. The molecule has 22 heavy (non-hydrogen) atoms. The highest BCUT2D eigenvalue weighted by atomic mass is 79.9. The normalized spacial score (nSPS) is 10.4. The van der Waals surface area contributed by atoms with Crippen LogP contribution in [0, 0.1) is 0 Å². The number of halogens is 1. The maximum atomic E-state index is 12.0.